The molecule has 1 heterocycles. The van der Waals surface area contributed by atoms with Crippen LogP contribution in [-0.4, -0.2) is 73.7 Å². The van der Waals surface area contributed by atoms with Gasteiger partial charge in [-0.3, -0.25) is 9.78 Å². The molecular weight excluding hydrogens is 282 g/mol. The highest BCUT2D eigenvalue weighted by Gasteiger charge is 2.29. The fourth-order valence-electron chi connectivity index (χ4n) is 1.37. The number of hydrogen-bond donors (Lipinski definition) is 6. The van der Waals surface area contributed by atoms with Crippen LogP contribution >= 0.6 is 0 Å². The summed E-state index contributed by atoms with van der Waals surface area (Å²) < 4.78 is 0. The van der Waals surface area contributed by atoms with Crippen molar-refractivity contribution in [2.45, 2.75) is 24.4 Å². The van der Waals surface area contributed by atoms with Crippen molar-refractivity contribution in [1.29, 1.82) is 0 Å². The van der Waals surface area contributed by atoms with Gasteiger partial charge in [0.2, 0.25) is 0 Å². The average Bonchev–Trinajstić information content (AvgIpc) is 2.53. The fraction of sp³-hybridized carbons (Fsp3) is 0.417. The third kappa shape index (κ3) is 5.17. The zero-order valence-corrected chi connectivity index (χ0v) is 10.9. The fourth-order valence-corrected chi connectivity index (χ4v) is 1.37. The molecule has 116 valence electrons. The molecule has 0 bridgehead atoms. The Bertz CT molecular complexity index is 469. The number of carbonyl (C=O) groups excluding carboxylic acids is 1. The highest BCUT2D eigenvalue weighted by atomic mass is 16.4. The van der Waals surface area contributed by atoms with E-state index in [1.165, 1.54) is 24.5 Å². The summed E-state index contributed by atoms with van der Waals surface area (Å²) in [5, 5.41) is 49.5. The lowest BCUT2D eigenvalue weighted by Gasteiger charge is -2.23. The molecule has 0 radical (unpaired) electrons. The first kappa shape index (κ1) is 17.1. The number of hydrazone groups is 1. The molecule has 21 heavy (non-hydrogen) atoms. The van der Waals surface area contributed by atoms with Gasteiger partial charge in [0.25, 0.3) is 5.91 Å². The number of nitrogens with one attached hydrogen (secondary N) is 1. The van der Waals surface area contributed by atoms with Gasteiger partial charge in [-0.1, -0.05) is 0 Å². The van der Waals surface area contributed by atoms with E-state index in [1.54, 1.807) is 0 Å². The van der Waals surface area contributed by atoms with E-state index in [4.69, 9.17) is 10.2 Å². The summed E-state index contributed by atoms with van der Waals surface area (Å²) in [5.41, 5.74) is 2.40. The lowest BCUT2D eigenvalue weighted by molar-refractivity contribution is -0.0999. The van der Waals surface area contributed by atoms with E-state index in [9.17, 15) is 20.1 Å². The third-order valence-corrected chi connectivity index (χ3v) is 2.62. The van der Waals surface area contributed by atoms with Crippen LogP contribution in [0.5, 0.6) is 0 Å². The molecule has 1 amide bonds. The van der Waals surface area contributed by atoms with Crippen LogP contribution < -0.4 is 5.43 Å². The summed E-state index contributed by atoms with van der Waals surface area (Å²) >= 11 is 0. The molecule has 6 N–H and O–H groups in total. The summed E-state index contributed by atoms with van der Waals surface area (Å²) in [6.45, 7) is -0.777. The van der Waals surface area contributed by atoms with Crippen LogP contribution in [0.15, 0.2) is 29.6 Å². The smallest absolute Gasteiger partial charge is 0.271 e. The first-order chi connectivity index (χ1) is 9.97. The number of nitrogens with zero attached hydrogens (tertiary/aromatic N) is 2. The average molecular weight is 299 g/mol. The summed E-state index contributed by atoms with van der Waals surface area (Å²) in [7, 11) is 0. The van der Waals surface area contributed by atoms with Gasteiger partial charge in [0, 0.05) is 18.0 Å². The van der Waals surface area contributed by atoms with Gasteiger partial charge in [0.05, 0.1) is 12.8 Å². The normalized spacial score (nSPS) is 17.2. The molecule has 1 aromatic rings. The molecular formula is C12H17N3O6. The lowest BCUT2D eigenvalue weighted by atomic mass is 10.0. The molecule has 0 aliphatic heterocycles. The molecule has 0 aromatic carbocycles. The van der Waals surface area contributed by atoms with Gasteiger partial charge in [0.1, 0.15) is 24.4 Å². The molecule has 1 rings (SSSR count). The molecule has 0 fully saturated rings. The molecule has 0 aliphatic carbocycles. The molecule has 9 nitrogen and oxygen atoms in total. The minimum absolute atomic E-state index is 0.299. The Morgan fingerprint density at radius 2 is 1.86 bits per heavy atom. The van der Waals surface area contributed by atoms with Gasteiger partial charge >= 0.3 is 0 Å². The van der Waals surface area contributed by atoms with Gasteiger partial charge in [-0.2, -0.15) is 5.10 Å². The van der Waals surface area contributed by atoms with Crippen molar-refractivity contribution in [1.82, 2.24) is 10.4 Å². The first-order valence-corrected chi connectivity index (χ1v) is 6.04. The zero-order chi connectivity index (χ0) is 15.8. The molecule has 0 saturated carbocycles. The standard InChI is InChI=1S/C12H17N3O6/c16-6-9(18)11(20)10(19)8(17)5-14-15-12(21)7-1-3-13-4-2-7/h1-5,8-11,16-20H,6H2,(H,15,21)/b14-5+/t8-,9+,10-,11-/m0/s1. The monoisotopic (exact) mass is 299 g/mol. The zero-order valence-electron chi connectivity index (χ0n) is 10.9. The van der Waals surface area contributed by atoms with E-state index in [1.807, 2.05) is 0 Å². The largest absolute Gasteiger partial charge is 0.394 e. The number of aliphatic hydroxyl groups is 5. The summed E-state index contributed by atoms with van der Waals surface area (Å²) in [6.07, 6.45) is -3.14. The van der Waals surface area contributed by atoms with Crippen LogP contribution in [-0.2, 0) is 0 Å². The quantitative estimate of drug-likeness (QED) is 0.235. The Morgan fingerprint density at radius 1 is 1.24 bits per heavy atom. The Morgan fingerprint density at radius 3 is 2.43 bits per heavy atom. The van der Waals surface area contributed by atoms with Gasteiger partial charge in [-0.25, -0.2) is 5.43 Å². The SMILES string of the molecule is O=C(N/N=C/[C@H](O)[C@H](O)[C@@H](O)[C@H](O)CO)c1ccncc1. The minimum atomic E-state index is -1.77. The van der Waals surface area contributed by atoms with E-state index in [0.717, 1.165) is 6.21 Å². The highest BCUT2D eigenvalue weighted by molar-refractivity contribution is 5.94. The Balaban J connectivity index is 2.51. The second kappa shape index (κ2) is 8.39. The van der Waals surface area contributed by atoms with E-state index in [0.29, 0.717) is 5.56 Å². The molecule has 4 atom stereocenters. The van der Waals surface area contributed by atoms with Crippen molar-refractivity contribution in [2.24, 2.45) is 5.10 Å². The number of amides is 1. The molecule has 0 aliphatic rings. The number of aliphatic hydroxyl groups excluding tert-OH is 5. The second-order valence-corrected chi connectivity index (χ2v) is 4.18. The predicted molar refractivity (Wildman–Crippen MR) is 71.3 cm³/mol. The van der Waals surface area contributed by atoms with Crippen molar-refractivity contribution in [3.8, 4) is 0 Å². The topological polar surface area (TPSA) is 156 Å². The predicted octanol–water partition coefficient (Wildman–Crippen LogP) is -2.77. The van der Waals surface area contributed by atoms with E-state index < -0.39 is 36.9 Å². The van der Waals surface area contributed by atoms with Crippen LogP contribution in [0.1, 0.15) is 10.4 Å². The van der Waals surface area contributed by atoms with Gasteiger partial charge < -0.3 is 25.5 Å². The molecule has 1 aromatic heterocycles. The maximum atomic E-state index is 11.6. The number of carbonyl (C=O) groups is 1. The van der Waals surface area contributed by atoms with Crippen molar-refractivity contribution in [3.63, 3.8) is 0 Å². The summed E-state index contributed by atoms with van der Waals surface area (Å²) in [5.74, 6) is -0.550. The van der Waals surface area contributed by atoms with Crippen LogP contribution in [0.2, 0.25) is 0 Å². The molecule has 0 saturated heterocycles. The molecule has 0 unspecified atom stereocenters. The first-order valence-electron chi connectivity index (χ1n) is 6.04. The van der Waals surface area contributed by atoms with Gasteiger partial charge in [0.15, 0.2) is 0 Å². The van der Waals surface area contributed by atoms with Crippen molar-refractivity contribution in [3.05, 3.63) is 30.1 Å². The lowest BCUT2D eigenvalue weighted by Crippen LogP contribution is -2.46. The van der Waals surface area contributed by atoms with Crippen LogP contribution in [0.3, 0.4) is 0 Å². The number of hydrogen-bond acceptors (Lipinski definition) is 8. The van der Waals surface area contributed by atoms with Crippen LogP contribution in [0.25, 0.3) is 0 Å². The maximum Gasteiger partial charge on any atom is 0.271 e. The maximum absolute atomic E-state index is 11.6. The highest BCUT2D eigenvalue weighted by Crippen LogP contribution is 2.03. The third-order valence-electron chi connectivity index (χ3n) is 2.62. The number of rotatable bonds is 7. The Labute approximate surface area is 120 Å². The van der Waals surface area contributed by atoms with E-state index >= 15 is 0 Å². The van der Waals surface area contributed by atoms with Crippen molar-refractivity contribution < 1.29 is 30.3 Å². The number of aromatic nitrogens is 1. The minimum Gasteiger partial charge on any atom is -0.394 e. The van der Waals surface area contributed by atoms with Crippen molar-refractivity contribution >= 4 is 12.1 Å². The second-order valence-electron chi connectivity index (χ2n) is 4.18. The Hall–Kier alpha value is -1.91. The Kier molecular flexibility index (Phi) is 6.85. The molecule has 0 spiro atoms. The number of pyridine rings is 1. The van der Waals surface area contributed by atoms with Gasteiger partial charge in [-0.15, -0.1) is 0 Å². The van der Waals surface area contributed by atoms with E-state index in [2.05, 4.69) is 15.5 Å². The molecule has 9 heteroatoms. The van der Waals surface area contributed by atoms with E-state index in [-0.39, 0.29) is 0 Å². The summed E-state index contributed by atoms with van der Waals surface area (Å²) in [6, 6.07) is 2.91. The van der Waals surface area contributed by atoms with Crippen molar-refractivity contribution in [2.75, 3.05) is 6.61 Å². The van der Waals surface area contributed by atoms with Gasteiger partial charge in [-0.05, 0) is 12.1 Å². The van der Waals surface area contributed by atoms with Crippen LogP contribution in [0.4, 0.5) is 0 Å². The summed E-state index contributed by atoms with van der Waals surface area (Å²) in [4.78, 5) is 15.3. The van der Waals surface area contributed by atoms with Crippen LogP contribution in [0, 0.1) is 0 Å².